The van der Waals surface area contributed by atoms with Crippen molar-refractivity contribution in [2.75, 3.05) is 20.1 Å². The highest BCUT2D eigenvalue weighted by Crippen LogP contribution is 2.41. The summed E-state index contributed by atoms with van der Waals surface area (Å²) < 4.78 is 0. The van der Waals surface area contributed by atoms with Gasteiger partial charge in [-0.05, 0) is 76.5 Å². The van der Waals surface area contributed by atoms with E-state index in [4.69, 9.17) is 11.6 Å². The van der Waals surface area contributed by atoms with Crippen LogP contribution in [0.4, 0.5) is 0 Å². The zero-order valence-corrected chi connectivity index (χ0v) is 21.1. The molecular weight excluding hydrogens is 422 g/mol. The molecule has 1 fully saturated rings. The Labute approximate surface area is 198 Å². The first-order valence-corrected chi connectivity index (χ1v) is 11.2. The van der Waals surface area contributed by atoms with Crippen molar-refractivity contribution in [3.63, 3.8) is 0 Å². The van der Waals surface area contributed by atoms with Gasteiger partial charge >= 0.3 is 0 Å². The summed E-state index contributed by atoms with van der Waals surface area (Å²) in [5, 5.41) is 3.56. The maximum Gasteiger partial charge on any atom is 0.253 e. The quantitative estimate of drug-likeness (QED) is 0.256. The number of carbonyl (C=O) groups excluding carboxylic acids is 2. The normalized spacial score (nSPS) is 19.0. The number of aldehydes is 1. The number of allylic oxidation sites excluding steroid dienone is 1. The molecule has 1 saturated heterocycles. The molecule has 1 heterocycles. The van der Waals surface area contributed by atoms with Crippen LogP contribution in [0.1, 0.15) is 58.9 Å². The third-order valence-electron chi connectivity index (χ3n) is 5.81. The third-order valence-corrected chi connectivity index (χ3v) is 6.07. The van der Waals surface area contributed by atoms with Gasteiger partial charge in [-0.3, -0.25) is 9.79 Å². The summed E-state index contributed by atoms with van der Waals surface area (Å²) >= 11 is 5.94. The van der Waals surface area contributed by atoms with Crippen molar-refractivity contribution >= 4 is 30.5 Å². The van der Waals surface area contributed by atoms with Gasteiger partial charge in [0, 0.05) is 29.2 Å². The second kappa shape index (κ2) is 12.1. The lowest BCUT2D eigenvalue weighted by atomic mass is 9.71. The van der Waals surface area contributed by atoms with Crippen LogP contribution in [0.15, 0.2) is 53.2 Å². The smallest absolute Gasteiger partial charge is 0.253 e. The summed E-state index contributed by atoms with van der Waals surface area (Å²) in [6.45, 7) is 19.2. The molecule has 6 heteroatoms. The minimum atomic E-state index is -0.575. The number of halogens is 1. The number of rotatable bonds is 7. The van der Waals surface area contributed by atoms with Gasteiger partial charge in [-0.1, -0.05) is 50.2 Å². The Bertz CT molecular complexity index is 841. The summed E-state index contributed by atoms with van der Waals surface area (Å²) in [5.74, 6) is 0.354. The highest BCUT2D eigenvalue weighted by molar-refractivity contribution is 6.30. The molecule has 0 bridgehead atoms. The first-order valence-electron chi connectivity index (χ1n) is 10.9. The van der Waals surface area contributed by atoms with E-state index in [0.29, 0.717) is 22.6 Å². The van der Waals surface area contributed by atoms with Gasteiger partial charge in [0.15, 0.2) is 0 Å². The largest absolute Gasteiger partial charge is 0.347 e. The molecule has 0 aromatic heterocycles. The number of aliphatic imine (C=N–C) groups is 1. The van der Waals surface area contributed by atoms with E-state index in [2.05, 4.69) is 61.5 Å². The predicted octanol–water partition coefficient (Wildman–Crippen LogP) is 5.42. The van der Waals surface area contributed by atoms with Crippen molar-refractivity contribution in [1.82, 2.24) is 10.2 Å². The number of likely N-dealkylation sites (tertiary alicyclic amines) is 1. The van der Waals surface area contributed by atoms with Crippen LogP contribution in [-0.2, 0) is 9.59 Å². The van der Waals surface area contributed by atoms with E-state index in [9.17, 15) is 9.59 Å². The van der Waals surface area contributed by atoms with Crippen molar-refractivity contribution in [3.8, 4) is 0 Å². The van der Waals surface area contributed by atoms with Crippen molar-refractivity contribution in [2.24, 2.45) is 10.4 Å². The average Bonchev–Trinajstić information content (AvgIpc) is 2.68. The summed E-state index contributed by atoms with van der Waals surface area (Å²) in [6.07, 6.45) is 3.70. The SMILES string of the molecule is C=C/C(C(=O)NC(C)(C)CC=O)=C(/C)N=C.CN1CCC(c2ccc(Cl)cc2)C(C)(C)C1. The van der Waals surface area contributed by atoms with E-state index in [1.165, 1.54) is 31.1 Å². The van der Waals surface area contributed by atoms with Crippen molar-refractivity contribution < 1.29 is 9.59 Å². The van der Waals surface area contributed by atoms with Gasteiger partial charge in [0.05, 0.1) is 5.57 Å². The lowest BCUT2D eigenvalue weighted by Crippen LogP contribution is -2.44. The van der Waals surface area contributed by atoms with Crippen LogP contribution >= 0.6 is 11.6 Å². The number of piperidine rings is 1. The monoisotopic (exact) mass is 459 g/mol. The molecular formula is C26H38ClN3O2. The van der Waals surface area contributed by atoms with Crippen LogP contribution in [0.2, 0.25) is 5.02 Å². The lowest BCUT2D eigenvalue weighted by molar-refractivity contribution is -0.119. The Morgan fingerprint density at radius 1 is 1.34 bits per heavy atom. The molecule has 1 aliphatic heterocycles. The van der Waals surface area contributed by atoms with E-state index in [-0.39, 0.29) is 12.3 Å². The molecule has 2 rings (SSSR count). The van der Waals surface area contributed by atoms with Crippen molar-refractivity contribution in [1.29, 1.82) is 0 Å². The fourth-order valence-electron chi connectivity index (χ4n) is 4.06. The van der Waals surface area contributed by atoms with Crippen LogP contribution in [0.3, 0.4) is 0 Å². The minimum Gasteiger partial charge on any atom is -0.347 e. The molecule has 176 valence electrons. The summed E-state index contributed by atoms with van der Waals surface area (Å²) in [6, 6.07) is 8.37. The second-order valence-electron chi connectivity index (χ2n) is 9.69. The standard InChI is InChI=1S/C14H20ClN.C12H18N2O2/c1-14(2)10-16(3)9-8-13(14)11-4-6-12(15)7-5-11;1-6-10(9(2)13-5)11(16)14-12(3,4)7-8-15/h4-7,13H,8-10H2,1-3H3;6,8H,1,5,7H2,2-4H3,(H,14,16)/b;10-9+. The number of nitrogens with one attached hydrogen (secondary N) is 1. The zero-order valence-electron chi connectivity index (χ0n) is 20.4. The first-order chi connectivity index (χ1) is 14.9. The first kappa shape index (κ1) is 27.8. The second-order valence-corrected chi connectivity index (χ2v) is 10.1. The van der Waals surface area contributed by atoms with Crippen LogP contribution < -0.4 is 5.32 Å². The highest BCUT2D eigenvalue weighted by atomic mass is 35.5. The van der Waals surface area contributed by atoms with Gasteiger partial charge in [-0.2, -0.15) is 0 Å². The van der Waals surface area contributed by atoms with E-state index < -0.39 is 5.54 Å². The number of carbonyl (C=O) groups is 2. The fraction of sp³-hybridized carbons (Fsp3) is 0.500. The Balaban J connectivity index is 0.000000320. The minimum absolute atomic E-state index is 0.254. The summed E-state index contributed by atoms with van der Waals surface area (Å²) in [5.41, 5.74) is 2.08. The lowest BCUT2D eigenvalue weighted by Gasteiger charge is -2.43. The van der Waals surface area contributed by atoms with Gasteiger partial charge in [-0.25, -0.2) is 0 Å². The topological polar surface area (TPSA) is 61.8 Å². The molecule has 1 amide bonds. The molecule has 0 saturated carbocycles. The van der Waals surface area contributed by atoms with Gasteiger partial charge in [0.1, 0.15) is 6.29 Å². The van der Waals surface area contributed by atoms with E-state index in [0.717, 1.165) is 11.3 Å². The highest BCUT2D eigenvalue weighted by Gasteiger charge is 2.35. The fourth-order valence-corrected chi connectivity index (χ4v) is 4.19. The van der Waals surface area contributed by atoms with Crippen molar-refractivity contribution in [2.45, 2.75) is 58.9 Å². The van der Waals surface area contributed by atoms with E-state index in [1.54, 1.807) is 20.8 Å². The molecule has 1 N–H and O–H groups in total. The summed E-state index contributed by atoms with van der Waals surface area (Å²) in [7, 11) is 2.21. The number of nitrogens with zero attached hydrogens (tertiary/aromatic N) is 2. The van der Waals surface area contributed by atoms with Crippen LogP contribution in [-0.4, -0.2) is 49.5 Å². The number of hydrogen-bond donors (Lipinski definition) is 1. The molecule has 1 atom stereocenters. The Morgan fingerprint density at radius 2 is 1.94 bits per heavy atom. The molecule has 1 aromatic rings. The van der Waals surface area contributed by atoms with Gasteiger partial charge in [-0.15, -0.1) is 0 Å². The van der Waals surface area contributed by atoms with Gasteiger partial charge < -0.3 is 15.0 Å². The molecule has 0 radical (unpaired) electrons. The Kier molecular flexibility index (Phi) is 10.5. The average molecular weight is 460 g/mol. The molecule has 0 spiro atoms. The van der Waals surface area contributed by atoms with Crippen LogP contribution in [0.25, 0.3) is 0 Å². The Hall–Kier alpha value is -2.24. The maximum absolute atomic E-state index is 11.8. The summed E-state index contributed by atoms with van der Waals surface area (Å²) in [4.78, 5) is 28.3. The number of benzene rings is 1. The molecule has 5 nitrogen and oxygen atoms in total. The zero-order chi connectivity index (χ0) is 24.5. The molecule has 1 aliphatic rings. The van der Waals surface area contributed by atoms with Crippen LogP contribution in [0, 0.1) is 5.41 Å². The van der Waals surface area contributed by atoms with Gasteiger partial charge in [0.2, 0.25) is 0 Å². The van der Waals surface area contributed by atoms with Crippen molar-refractivity contribution in [3.05, 3.63) is 58.8 Å². The molecule has 1 aromatic carbocycles. The van der Waals surface area contributed by atoms with E-state index >= 15 is 0 Å². The number of amides is 1. The third kappa shape index (κ3) is 8.36. The maximum atomic E-state index is 11.8. The predicted molar refractivity (Wildman–Crippen MR) is 135 cm³/mol. The van der Waals surface area contributed by atoms with Crippen LogP contribution in [0.5, 0.6) is 0 Å². The molecule has 1 unspecified atom stereocenters. The Morgan fingerprint density at radius 3 is 2.41 bits per heavy atom. The molecule has 0 aliphatic carbocycles. The van der Waals surface area contributed by atoms with Gasteiger partial charge in [0.25, 0.3) is 5.91 Å². The van der Waals surface area contributed by atoms with E-state index in [1.807, 2.05) is 12.1 Å². The molecule has 32 heavy (non-hydrogen) atoms. The number of hydrogen-bond acceptors (Lipinski definition) is 4.